The molecule has 0 unspecified atom stereocenters. The summed E-state index contributed by atoms with van der Waals surface area (Å²) < 4.78 is 7.49. The highest BCUT2D eigenvalue weighted by Gasteiger charge is 2.10. The Bertz CT molecular complexity index is 826. The van der Waals surface area contributed by atoms with E-state index in [1.165, 1.54) is 0 Å². The van der Waals surface area contributed by atoms with Crippen LogP contribution < -0.4 is 4.74 Å². The second-order valence-electron chi connectivity index (χ2n) is 4.77. The van der Waals surface area contributed by atoms with Crippen molar-refractivity contribution >= 4 is 11.0 Å². The summed E-state index contributed by atoms with van der Waals surface area (Å²) in [5, 5.41) is 8.97. The van der Waals surface area contributed by atoms with Gasteiger partial charge in [0.2, 0.25) is 0 Å². The van der Waals surface area contributed by atoms with Crippen LogP contribution in [0.1, 0.15) is 12.5 Å². The van der Waals surface area contributed by atoms with Crippen molar-refractivity contribution in [3.05, 3.63) is 48.0 Å². The molecule has 0 saturated carbocycles. The minimum Gasteiger partial charge on any atom is -0.494 e. The first kappa shape index (κ1) is 13.2. The van der Waals surface area contributed by atoms with Crippen LogP contribution in [0.25, 0.3) is 22.4 Å². The fourth-order valence-electron chi connectivity index (χ4n) is 2.39. The van der Waals surface area contributed by atoms with Crippen LogP contribution in [0.3, 0.4) is 0 Å². The summed E-state index contributed by atoms with van der Waals surface area (Å²) in [4.78, 5) is 4.64. The molecule has 0 aliphatic heterocycles. The maximum Gasteiger partial charge on any atom is 0.140 e. The minimum atomic E-state index is 0.624. The Labute approximate surface area is 123 Å². The molecule has 2 aromatic carbocycles. The maximum absolute atomic E-state index is 8.97. The third-order valence-electron chi connectivity index (χ3n) is 3.43. The van der Waals surface area contributed by atoms with Crippen molar-refractivity contribution < 1.29 is 4.74 Å². The lowest BCUT2D eigenvalue weighted by molar-refractivity contribution is 0.340. The Morgan fingerprint density at radius 2 is 1.95 bits per heavy atom. The molecule has 0 spiro atoms. The Balaban J connectivity index is 2.07. The van der Waals surface area contributed by atoms with Crippen LogP contribution in [0, 0.1) is 11.3 Å². The zero-order valence-corrected chi connectivity index (χ0v) is 12.0. The number of nitriles is 1. The second-order valence-corrected chi connectivity index (χ2v) is 4.77. The molecule has 0 radical (unpaired) electrons. The van der Waals surface area contributed by atoms with Gasteiger partial charge in [0.05, 0.1) is 29.3 Å². The summed E-state index contributed by atoms with van der Waals surface area (Å²) in [6.07, 6.45) is 0. The summed E-state index contributed by atoms with van der Waals surface area (Å²) in [7, 11) is 1.98. The lowest BCUT2D eigenvalue weighted by Gasteiger charge is -2.05. The third-order valence-corrected chi connectivity index (χ3v) is 3.43. The second kappa shape index (κ2) is 5.29. The molecule has 0 N–H and O–H groups in total. The van der Waals surface area contributed by atoms with Crippen molar-refractivity contribution in [2.24, 2.45) is 7.05 Å². The molecule has 4 nitrogen and oxygen atoms in total. The van der Waals surface area contributed by atoms with Gasteiger partial charge in [0, 0.05) is 12.6 Å². The molecule has 1 aromatic heterocycles. The lowest BCUT2D eigenvalue weighted by atomic mass is 10.2. The van der Waals surface area contributed by atoms with E-state index in [0.717, 1.165) is 28.2 Å². The van der Waals surface area contributed by atoms with Gasteiger partial charge in [-0.3, -0.25) is 0 Å². The average molecular weight is 277 g/mol. The Morgan fingerprint density at radius 1 is 1.19 bits per heavy atom. The number of aryl methyl sites for hydroxylation is 1. The standard InChI is InChI=1S/C17H15N3O/c1-3-21-14-7-5-13(6-8-14)17-19-15-10-12(11-18)4-9-16(15)20(17)2/h4-10H,3H2,1-2H3. The molecule has 0 saturated heterocycles. The van der Waals surface area contributed by atoms with Gasteiger partial charge in [0.1, 0.15) is 11.6 Å². The number of imidazole rings is 1. The molecule has 4 heteroatoms. The van der Waals surface area contributed by atoms with E-state index < -0.39 is 0 Å². The SMILES string of the molecule is CCOc1ccc(-c2nc3cc(C#N)ccc3n2C)cc1. The largest absolute Gasteiger partial charge is 0.494 e. The van der Waals surface area contributed by atoms with Crippen molar-refractivity contribution in [2.75, 3.05) is 6.61 Å². The fraction of sp³-hybridized carbons (Fsp3) is 0.176. The van der Waals surface area contributed by atoms with Gasteiger partial charge in [-0.2, -0.15) is 5.26 Å². The number of nitrogens with zero attached hydrogens (tertiary/aromatic N) is 3. The zero-order valence-electron chi connectivity index (χ0n) is 12.0. The lowest BCUT2D eigenvalue weighted by Crippen LogP contribution is -1.94. The van der Waals surface area contributed by atoms with Crippen LogP contribution in [0.5, 0.6) is 5.75 Å². The maximum atomic E-state index is 8.97. The molecule has 0 aliphatic rings. The molecule has 0 bridgehead atoms. The topological polar surface area (TPSA) is 50.8 Å². The van der Waals surface area contributed by atoms with Gasteiger partial charge >= 0.3 is 0 Å². The molecule has 0 amide bonds. The zero-order chi connectivity index (χ0) is 14.8. The molecule has 21 heavy (non-hydrogen) atoms. The van der Waals surface area contributed by atoms with Crippen molar-refractivity contribution in [3.8, 4) is 23.2 Å². The highest BCUT2D eigenvalue weighted by Crippen LogP contribution is 2.25. The van der Waals surface area contributed by atoms with Crippen LogP contribution >= 0.6 is 0 Å². The molecular weight excluding hydrogens is 262 g/mol. The number of aromatic nitrogens is 2. The van der Waals surface area contributed by atoms with E-state index >= 15 is 0 Å². The van der Waals surface area contributed by atoms with E-state index in [0.29, 0.717) is 12.2 Å². The van der Waals surface area contributed by atoms with Gasteiger partial charge in [0.25, 0.3) is 0 Å². The fourth-order valence-corrected chi connectivity index (χ4v) is 2.39. The monoisotopic (exact) mass is 277 g/mol. The average Bonchev–Trinajstić information content (AvgIpc) is 2.85. The Morgan fingerprint density at radius 3 is 2.62 bits per heavy atom. The van der Waals surface area contributed by atoms with Gasteiger partial charge in [-0.25, -0.2) is 4.98 Å². The molecule has 0 aliphatic carbocycles. The van der Waals surface area contributed by atoms with Crippen LogP contribution in [0.15, 0.2) is 42.5 Å². The highest BCUT2D eigenvalue weighted by molar-refractivity contribution is 5.81. The number of ether oxygens (including phenoxy) is 1. The van der Waals surface area contributed by atoms with Crippen molar-refractivity contribution in [1.82, 2.24) is 9.55 Å². The first-order valence-electron chi connectivity index (χ1n) is 6.82. The van der Waals surface area contributed by atoms with Gasteiger partial charge in [0.15, 0.2) is 0 Å². The van der Waals surface area contributed by atoms with Gasteiger partial charge in [-0.1, -0.05) is 0 Å². The summed E-state index contributed by atoms with van der Waals surface area (Å²) in [6.45, 7) is 2.62. The van der Waals surface area contributed by atoms with E-state index in [1.807, 2.05) is 61.0 Å². The van der Waals surface area contributed by atoms with E-state index in [9.17, 15) is 0 Å². The van der Waals surface area contributed by atoms with Crippen molar-refractivity contribution in [1.29, 1.82) is 5.26 Å². The molecule has 0 fully saturated rings. The van der Waals surface area contributed by atoms with E-state index in [1.54, 1.807) is 0 Å². The summed E-state index contributed by atoms with van der Waals surface area (Å²) in [5.41, 5.74) is 3.49. The number of hydrogen-bond acceptors (Lipinski definition) is 3. The molecule has 1 heterocycles. The van der Waals surface area contributed by atoms with E-state index in [-0.39, 0.29) is 0 Å². The molecular formula is C17H15N3O. The predicted octanol–water partition coefficient (Wildman–Crippen LogP) is 3.51. The van der Waals surface area contributed by atoms with E-state index in [4.69, 9.17) is 10.00 Å². The first-order valence-corrected chi connectivity index (χ1v) is 6.82. The van der Waals surface area contributed by atoms with Gasteiger partial charge in [-0.15, -0.1) is 0 Å². The predicted molar refractivity (Wildman–Crippen MR) is 82.0 cm³/mol. The Kier molecular flexibility index (Phi) is 3.33. The Hall–Kier alpha value is -2.80. The smallest absolute Gasteiger partial charge is 0.140 e. The minimum absolute atomic E-state index is 0.624. The van der Waals surface area contributed by atoms with Crippen molar-refractivity contribution in [2.45, 2.75) is 6.92 Å². The molecule has 104 valence electrons. The summed E-state index contributed by atoms with van der Waals surface area (Å²) in [5.74, 6) is 1.73. The first-order chi connectivity index (χ1) is 10.2. The summed E-state index contributed by atoms with van der Waals surface area (Å²) >= 11 is 0. The quantitative estimate of drug-likeness (QED) is 0.736. The molecule has 0 atom stereocenters. The van der Waals surface area contributed by atoms with Crippen LogP contribution in [-0.2, 0) is 7.05 Å². The molecule has 3 aromatic rings. The van der Waals surface area contributed by atoms with Crippen molar-refractivity contribution in [3.63, 3.8) is 0 Å². The number of fused-ring (bicyclic) bond motifs is 1. The highest BCUT2D eigenvalue weighted by atomic mass is 16.5. The number of rotatable bonds is 3. The summed E-state index contributed by atoms with van der Waals surface area (Å²) in [6, 6.07) is 15.6. The van der Waals surface area contributed by atoms with Gasteiger partial charge < -0.3 is 9.30 Å². The number of hydrogen-bond donors (Lipinski definition) is 0. The van der Waals surface area contributed by atoms with Crippen LogP contribution in [0.2, 0.25) is 0 Å². The number of benzene rings is 2. The van der Waals surface area contributed by atoms with Crippen LogP contribution in [-0.4, -0.2) is 16.2 Å². The van der Waals surface area contributed by atoms with Crippen LogP contribution in [0.4, 0.5) is 0 Å². The third kappa shape index (κ3) is 2.34. The van der Waals surface area contributed by atoms with E-state index in [2.05, 4.69) is 11.1 Å². The van der Waals surface area contributed by atoms with Gasteiger partial charge in [-0.05, 0) is 49.4 Å². The molecule has 3 rings (SSSR count). The normalized spacial score (nSPS) is 10.5.